The van der Waals surface area contributed by atoms with Crippen LogP contribution >= 0.6 is 31.9 Å². The second-order valence-corrected chi connectivity index (χ2v) is 5.89. The number of anilines is 1. The van der Waals surface area contributed by atoms with Gasteiger partial charge in [-0.15, -0.1) is 0 Å². The van der Waals surface area contributed by atoms with Crippen LogP contribution in [0.15, 0.2) is 51.4 Å². The molecule has 21 heavy (non-hydrogen) atoms. The zero-order valence-corrected chi connectivity index (χ0v) is 14.0. The Morgan fingerprint density at radius 3 is 2.52 bits per heavy atom. The highest BCUT2D eigenvalue weighted by atomic mass is 79.9. The molecule has 0 bridgehead atoms. The quantitative estimate of drug-likeness (QED) is 0.754. The molecule has 0 spiro atoms. The highest BCUT2D eigenvalue weighted by Gasteiger charge is 2.10. The van der Waals surface area contributed by atoms with E-state index >= 15 is 0 Å². The predicted molar refractivity (Wildman–Crippen MR) is 87.8 cm³/mol. The molecule has 1 amide bonds. The predicted octanol–water partition coefficient (Wildman–Crippen LogP) is 4.04. The van der Waals surface area contributed by atoms with Crippen LogP contribution in [0.5, 0.6) is 5.75 Å². The molecule has 0 aliphatic heterocycles. The number of hydrogen-bond acceptors (Lipinski definition) is 3. The number of para-hydroxylation sites is 1. The Kier molecular flexibility index (Phi) is 5.52. The molecule has 4 nitrogen and oxygen atoms in total. The number of hydrogen-bond donors (Lipinski definition) is 1. The van der Waals surface area contributed by atoms with Crippen molar-refractivity contribution in [3.05, 3.63) is 57.0 Å². The summed E-state index contributed by atoms with van der Waals surface area (Å²) in [5, 5.41) is 2.71. The zero-order valence-electron chi connectivity index (χ0n) is 10.8. The first-order valence-electron chi connectivity index (χ1n) is 6.02. The van der Waals surface area contributed by atoms with Crippen LogP contribution < -0.4 is 10.1 Å². The number of halogens is 2. The summed E-state index contributed by atoms with van der Waals surface area (Å²) in [5.74, 6) is 0.0587. The molecular formula is C15H11Br2NO3. The number of rotatable bonds is 5. The van der Waals surface area contributed by atoms with E-state index in [0.717, 1.165) is 4.47 Å². The number of benzene rings is 2. The van der Waals surface area contributed by atoms with Crippen LogP contribution in [-0.2, 0) is 4.79 Å². The van der Waals surface area contributed by atoms with Gasteiger partial charge in [0.05, 0.1) is 10.0 Å². The lowest BCUT2D eigenvalue weighted by atomic mass is 10.2. The van der Waals surface area contributed by atoms with Crippen LogP contribution in [0.2, 0.25) is 0 Å². The van der Waals surface area contributed by atoms with Gasteiger partial charge in [0.2, 0.25) is 0 Å². The maximum Gasteiger partial charge on any atom is 0.262 e. The Balaban J connectivity index is 1.98. The van der Waals surface area contributed by atoms with Gasteiger partial charge >= 0.3 is 0 Å². The Labute approximate surface area is 138 Å². The minimum absolute atomic E-state index is 0.181. The summed E-state index contributed by atoms with van der Waals surface area (Å²) in [7, 11) is 0. The normalized spacial score (nSPS) is 10.0. The second-order valence-electron chi connectivity index (χ2n) is 4.12. The van der Waals surface area contributed by atoms with E-state index in [2.05, 4.69) is 37.2 Å². The van der Waals surface area contributed by atoms with Gasteiger partial charge in [-0.2, -0.15) is 0 Å². The van der Waals surface area contributed by atoms with E-state index in [1.165, 1.54) is 0 Å². The van der Waals surface area contributed by atoms with Crippen LogP contribution in [0, 0.1) is 0 Å². The van der Waals surface area contributed by atoms with E-state index < -0.39 is 0 Å². The largest absolute Gasteiger partial charge is 0.482 e. The Hall–Kier alpha value is -1.66. The lowest BCUT2D eigenvalue weighted by Gasteiger charge is -2.10. The Morgan fingerprint density at radius 1 is 1.14 bits per heavy atom. The molecule has 2 aromatic rings. The molecule has 0 fully saturated rings. The molecular weight excluding hydrogens is 402 g/mol. The lowest BCUT2D eigenvalue weighted by molar-refractivity contribution is -0.118. The first-order valence-corrected chi connectivity index (χ1v) is 7.60. The fourth-order valence-corrected chi connectivity index (χ4v) is 2.40. The third-order valence-electron chi connectivity index (χ3n) is 2.60. The van der Waals surface area contributed by atoms with E-state index in [1.54, 1.807) is 30.3 Å². The molecule has 0 saturated carbocycles. The smallest absolute Gasteiger partial charge is 0.262 e. The van der Waals surface area contributed by atoms with Crippen molar-refractivity contribution in [3.63, 3.8) is 0 Å². The first-order chi connectivity index (χ1) is 10.1. The minimum Gasteiger partial charge on any atom is -0.482 e. The summed E-state index contributed by atoms with van der Waals surface area (Å²) < 4.78 is 6.98. The molecule has 0 atom stereocenters. The zero-order chi connectivity index (χ0) is 15.2. The van der Waals surface area contributed by atoms with E-state index in [4.69, 9.17) is 4.74 Å². The maximum absolute atomic E-state index is 11.8. The van der Waals surface area contributed by atoms with Gasteiger partial charge in [0, 0.05) is 10.2 Å². The van der Waals surface area contributed by atoms with Crippen LogP contribution in [0.25, 0.3) is 0 Å². The van der Waals surface area contributed by atoms with Gasteiger partial charge < -0.3 is 10.1 Å². The van der Waals surface area contributed by atoms with E-state index in [9.17, 15) is 9.59 Å². The third kappa shape index (κ3) is 4.41. The molecule has 0 saturated heterocycles. The van der Waals surface area contributed by atoms with Crippen molar-refractivity contribution in [2.75, 3.05) is 11.9 Å². The molecule has 6 heteroatoms. The fourth-order valence-electron chi connectivity index (χ4n) is 1.64. The summed E-state index contributed by atoms with van der Waals surface area (Å²) >= 11 is 6.61. The van der Waals surface area contributed by atoms with Crippen molar-refractivity contribution in [3.8, 4) is 5.75 Å². The maximum atomic E-state index is 11.8. The highest BCUT2D eigenvalue weighted by molar-refractivity contribution is 9.10. The van der Waals surface area contributed by atoms with Gasteiger partial charge in [0.25, 0.3) is 5.91 Å². The molecule has 0 heterocycles. The number of nitrogens with one attached hydrogen (secondary N) is 1. The molecule has 0 unspecified atom stereocenters. The summed E-state index contributed by atoms with van der Waals surface area (Å²) in [5.41, 5.74) is 1.07. The standard InChI is InChI=1S/C15H11Br2NO3/c16-11-4-6-12(7-5-11)18-14(20)9-21-15-10(8-19)2-1-3-13(15)17/h1-8H,9H2,(H,18,20). The number of amides is 1. The van der Waals surface area contributed by atoms with Crippen LogP contribution in [-0.4, -0.2) is 18.8 Å². The first kappa shape index (κ1) is 15.7. The average molecular weight is 413 g/mol. The fraction of sp³-hybridized carbons (Fsp3) is 0.0667. The number of carbonyl (C=O) groups is 2. The van der Waals surface area contributed by atoms with Crippen molar-refractivity contribution < 1.29 is 14.3 Å². The van der Waals surface area contributed by atoms with Gasteiger partial charge in [-0.25, -0.2) is 0 Å². The average Bonchev–Trinajstić information content (AvgIpc) is 2.48. The number of ether oxygens (including phenoxy) is 1. The van der Waals surface area contributed by atoms with Crippen molar-refractivity contribution >= 4 is 49.7 Å². The van der Waals surface area contributed by atoms with Gasteiger partial charge in [0.15, 0.2) is 12.9 Å². The van der Waals surface area contributed by atoms with Crippen molar-refractivity contribution in [2.45, 2.75) is 0 Å². The SMILES string of the molecule is O=Cc1cccc(Br)c1OCC(=O)Nc1ccc(Br)cc1. The van der Waals surface area contributed by atoms with E-state index in [1.807, 2.05) is 12.1 Å². The molecule has 0 aliphatic rings. The van der Waals surface area contributed by atoms with Crippen molar-refractivity contribution in [1.82, 2.24) is 0 Å². The summed E-state index contributed by atoms with van der Waals surface area (Å²) in [6.45, 7) is -0.181. The second kappa shape index (κ2) is 7.38. The molecule has 2 rings (SSSR count). The van der Waals surface area contributed by atoms with Crippen LogP contribution in [0.3, 0.4) is 0 Å². The summed E-state index contributed by atoms with van der Waals surface area (Å²) in [6.07, 6.45) is 0.687. The van der Waals surface area contributed by atoms with Gasteiger partial charge in [-0.05, 0) is 52.3 Å². The van der Waals surface area contributed by atoms with Crippen LogP contribution in [0.4, 0.5) is 5.69 Å². The topological polar surface area (TPSA) is 55.4 Å². The molecule has 108 valence electrons. The highest BCUT2D eigenvalue weighted by Crippen LogP contribution is 2.27. The molecule has 0 radical (unpaired) electrons. The molecule has 0 aliphatic carbocycles. The van der Waals surface area contributed by atoms with Crippen molar-refractivity contribution in [1.29, 1.82) is 0 Å². The van der Waals surface area contributed by atoms with Gasteiger partial charge in [-0.1, -0.05) is 22.0 Å². The number of aldehydes is 1. The van der Waals surface area contributed by atoms with E-state index in [0.29, 0.717) is 27.8 Å². The molecule has 2 aromatic carbocycles. The Morgan fingerprint density at radius 2 is 1.86 bits per heavy atom. The molecule has 1 N–H and O–H groups in total. The minimum atomic E-state index is -0.301. The molecule has 0 aromatic heterocycles. The summed E-state index contributed by atoms with van der Waals surface area (Å²) in [6, 6.07) is 12.3. The number of carbonyl (C=O) groups excluding carboxylic acids is 2. The van der Waals surface area contributed by atoms with Crippen LogP contribution in [0.1, 0.15) is 10.4 Å². The van der Waals surface area contributed by atoms with E-state index in [-0.39, 0.29) is 12.5 Å². The summed E-state index contributed by atoms with van der Waals surface area (Å²) in [4.78, 5) is 22.8. The van der Waals surface area contributed by atoms with Gasteiger partial charge in [-0.3, -0.25) is 9.59 Å². The lowest BCUT2D eigenvalue weighted by Crippen LogP contribution is -2.20. The van der Waals surface area contributed by atoms with Crippen molar-refractivity contribution in [2.24, 2.45) is 0 Å². The third-order valence-corrected chi connectivity index (χ3v) is 3.75. The Bertz CT molecular complexity index is 656. The van der Waals surface area contributed by atoms with Gasteiger partial charge in [0.1, 0.15) is 5.75 Å². The monoisotopic (exact) mass is 411 g/mol.